The van der Waals surface area contributed by atoms with Gasteiger partial charge < -0.3 is 4.90 Å². The molecule has 94 valence electrons. The molecule has 0 amide bonds. The Morgan fingerprint density at radius 3 is 2.89 bits per heavy atom. The molecule has 0 atom stereocenters. The lowest BCUT2D eigenvalue weighted by atomic mass is 9.99. The van der Waals surface area contributed by atoms with Crippen LogP contribution in [-0.2, 0) is 13.0 Å². The number of aryl methyl sites for hydroxylation is 1. The van der Waals surface area contributed by atoms with E-state index in [2.05, 4.69) is 9.36 Å². The number of hydrogen-bond acceptors (Lipinski definition) is 4. The smallest absolute Gasteiger partial charge is 0.205 e. The fourth-order valence-corrected chi connectivity index (χ4v) is 2.89. The van der Waals surface area contributed by atoms with Crippen LogP contribution in [0.2, 0.25) is 0 Å². The molecule has 0 spiro atoms. The van der Waals surface area contributed by atoms with Gasteiger partial charge in [0.25, 0.3) is 0 Å². The van der Waals surface area contributed by atoms with E-state index in [1.54, 1.807) is 0 Å². The summed E-state index contributed by atoms with van der Waals surface area (Å²) in [6.45, 7) is 3.00. The highest BCUT2D eigenvalue weighted by atomic mass is 32.1. The number of fused-ring (bicyclic) bond motifs is 1. The van der Waals surface area contributed by atoms with Crippen LogP contribution in [0.4, 0.5) is 13.9 Å². The van der Waals surface area contributed by atoms with Crippen molar-refractivity contribution in [2.24, 2.45) is 0 Å². The number of benzene rings is 1. The Kier molecular flexibility index (Phi) is 2.74. The molecule has 0 bridgehead atoms. The Morgan fingerprint density at radius 2 is 2.17 bits per heavy atom. The molecule has 2 heterocycles. The number of rotatable bonds is 1. The van der Waals surface area contributed by atoms with Crippen LogP contribution < -0.4 is 4.90 Å². The van der Waals surface area contributed by atoms with Crippen LogP contribution >= 0.6 is 11.5 Å². The van der Waals surface area contributed by atoms with Gasteiger partial charge in [0.2, 0.25) is 5.13 Å². The minimum atomic E-state index is -0.526. The molecule has 0 unspecified atom stereocenters. The third-order valence-corrected chi connectivity index (χ3v) is 3.90. The summed E-state index contributed by atoms with van der Waals surface area (Å²) in [6, 6.07) is 2.35. The van der Waals surface area contributed by atoms with Gasteiger partial charge in [-0.15, -0.1) is 0 Å². The van der Waals surface area contributed by atoms with Crippen molar-refractivity contribution in [3.05, 3.63) is 40.7 Å². The molecule has 2 aromatic rings. The van der Waals surface area contributed by atoms with E-state index in [0.29, 0.717) is 30.6 Å². The van der Waals surface area contributed by atoms with Gasteiger partial charge >= 0.3 is 0 Å². The van der Waals surface area contributed by atoms with E-state index >= 15 is 0 Å². The van der Waals surface area contributed by atoms with E-state index in [4.69, 9.17) is 0 Å². The highest BCUT2D eigenvalue weighted by Crippen LogP contribution is 2.27. The summed E-state index contributed by atoms with van der Waals surface area (Å²) in [5.74, 6) is -0.245. The van der Waals surface area contributed by atoms with Crippen LogP contribution in [0, 0.1) is 18.6 Å². The summed E-state index contributed by atoms with van der Waals surface area (Å²) < 4.78 is 30.9. The van der Waals surface area contributed by atoms with Gasteiger partial charge in [-0.1, -0.05) is 0 Å². The molecule has 0 N–H and O–H groups in total. The van der Waals surface area contributed by atoms with Crippen LogP contribution in [0.15, 0.2) is 12.1 Å². The number of nitrogens with zero attached hydrogens (tertiary/aromatic N) is 3. The van der Waals surface area contributed by atoms with Gasteiger partial charge in [0, 0.05) is 30.7 Å². The first kappa shape index (κ1) is 11.5. The highest BCUT2D eigenvalue weighted by molar-refractivity contribution is 7.09. The predicted molar refractivity (Wildman–Crippen MR) is 65.8 cm³/mol. The molecule has 1 aromatic heterocycles. The van der Waals surface area contributed by atoms with E-state index in [1.807, 2.05) is 11.8 Å². The molecule has 1 aliphatic rings. The lowest BCUT2D eigenvalue weighted by molar-refractivity contribution is 0.556. The molecule has 3 rings (SSSR count). The molecule has 1 aromatic carbocycles. The molecule has 0 fully saturated rings. The summed E-state index contributed by atoms with van der Waals surface area (Å²) in [5.41, 5.74) is 1.32. The molecule has 0 aliphatic carbocycles. The second-order valence-corrected chi connectivity index (χ2v) is 5.05. The van der Waals surface area contributed by atoms with Crippen molar-refractivity contribution in [2.75, 3.05) is 11.4 Å². The normalized spacial score (nSPS) is 14.7. The zero-order chi connectivity index (χ0) is 12.7. The van der Waals surface area contributed by atoms with Gasteiger partial charge in [-0.25, -0.2) is 13.8 Å². The Labute approximate surface area is 107 Å². The van der Waals surface area contributed by atoms with Crippen molar-refractivity contribution in [3.63, 3.8) is 0 Å². The van der Waals surface area contributed by atoms with E-state index < -0.39 is 11.6 Å². The van der Waals surface area contributed by atoms with E-state index in [-0.39, 0.29) is 0 Å². The second kappa shape index (κ2) is 4.28. The summed E-state index contributed by atoms with van der Waals surface area (Å²) in [4.78, 5) is 6.30. The molecular formula is C12H11F2N3S. The molecule has 0 saturated heterocycles. The molecule has 18 heavy (non-hydrogen) atoms. The average Bonchev–Trinajstić information content (AvgIpc) is 2.75. The number of halogens is 2. The van der Waals surface area contributed by atoms with Gasteiger partial charge in [0.1, 0.15) is 17.5 Å². The maximum atomic E-state index is 13.6. The fraction of sp³-hybridized carbons (Fsp3) is 0.333. The third kappa shape index (κ3) is 1.96. The van der Waals surface area contributed by atoms with Gasteiger partial charge in [-0.05, 0) is 30.5 Å². The Hall–Kier alpha value is -1.56. The van der Waals surface area contributed by atoms with Crippen LogP contribution in [0.1, 0.15) is 17.0 Å². The van der Waals surface area contributed by atoms with E-state index in [1.165, 1.54) is 17.6 Å². The van der Waals surface area contributed by atoms with Crippen molar-refractivity contribution in [3.8, 4) is 0 Å². The van der Waals surface area contributed by atoms with Crippen molar-refractivity contribution in [2.45, 2.75) is 19.9 Å². The SMILES string of the molecule is Cc1nsc(N2CCc3c(F)cc(F)cc3C2)n1. The maximum absolute atomic E-state index is 13.6. The Bertz CT molecular complexity index is 597. The second-order valence-electron chi connectivity index (χ2n) is 4.32. The van der Waals surface area contributed by atoms with Gasteiger partial charge in [-0.3, -0.25) is 0 Å². The minimum absolute atomic E-state index is 0.446. The van der Waals surface area contributed by atoms with Crippen molar-refractivity contribution in [1.82, 2.24) is 9.36 Å². The molecule has 6 heteroatoms. The Morgan fingerprint density at radius 1 is 1.33 bits per heavy atom. The Balaban J connectivity index is 1.93. The minimum Gasteiger partial charge on any atom is -0.342 e. The van der Waals surface area contributed by atoms with Crippen LogP contribution in [0.25, 0.3) is 0 Å². The monoisotopic (exact) mass is 267 g/mol. The molecule has 3 nitrogen and oxygen atoms in total. The first-order valence-corrected chi connectivity index (χ1v) is 6.43. The van der Waals surface area contributed by atoms with Crippen molar-refractivity contribution >= 4 is 16.7 Å². The fourth-order valence-electron chi connectivity index (χ4n) is 2.19. The highest BCUT2D eigenvalue weighted by Gasteiger charge is 2.22. The van der Waals surface area contributed by atoms with E-state index in [0.717, 1.165) is 17.0 Å². The standard InChI is InChI=1S/C12H11F2N3S/c1-7-15-12(18-16-7)17-3-2-10-8(6-17)4-9(13)5-11(10)14/h4-5H,2-3,6H2,1H3. The maximum Gasteiger partial charge on any atom is 0.205 e. The summed E-state index contributed by atoms with van der Waals surface area (Å²) in [7, 11) is 0. The van der Waals surface area contributed by atoms with Crippen LogP contribution in [0.5, 0.6) is 0 Å². The molecule has 1 aliphatic heterocycles. The van der Waals surface area contributed by atoms with Crippen molar-refractivity contribution < 1.29 is 8.78 Å². The number of hydrogen-bond donors (Lipinski definition) is 0. The van der Waals surface area contributed by atoms with Gasteiger partial charge in [0.05, 0.1) is 0 Å². The molecular weight excluding hydrogens is 256 g/mol. The largest absolute Gasteiger partial charge is 0.342 e. The number of anilines is 1. The first-order valence-electron chi connectivity index (χ1n) is 5.65. The zero-order valence-corrected chi connectivity index (χ0v) is 10.6. The lowest BCUT2D eigenvalue weighted by Gasteiger charge is -2.28. The summed E-state index contributed by atoms with van der Waals surface area (Å²) in [5, 5.41) is 0.808. The topological polar surface area (TPSA) is 29.0 Å². The zero-order valence-electron chi connectivity index (χ0n) is 9.78. The van der Waals surface area contributed by atoms with Gasteiger partial charge in [0.15, 0.2) is 0 Å². The predicted octanol–water partition coefficient (Wildman–Crippen LogP) is 2.69. The molecule has 0 saturated carbocycles. The molecule has 0 radical (unpaired) electrons. The van der Waals surface area contributed by atoms with Crippen molar-refractivity contribution in [1.29, 1.82) is 0 Å². The third-order valence-electron chi connectivity index (χ3n) is 3.03. The quantitative estimate of drug-likeness (QED) is 0.795. The van der Waals surface area contributed by atoms with Gasteiger partial charge in [-0.2, -0.15) is 4.37 Å². The van der Waals surface area contributed by atoms with Crippen LogP contribution in [0.3, 0.4) is 0 Å². The van der Waals surface area contributed by atoms with E-state index in [9.17, 15) is 8.78 Å². The lowest BCUT2D eigenvalue weighted by Crippen LogP contribution is -2.31. The first-order chi connectivity index (χ1) is 8.63. The van der Waals surface area contributed by atoms with Crippen LogP contribution in [-0.4, -0.2) is 15.9 Å². The number of aromatic nitrogens is 2. The summed E-state index contributed by atoms with van der Waals surface area (Å²) >= 11 is 1.32. The summed E-state index contributed by atoms with van der Waals surface area (Å²) in [6.07, 6.45) is 0.570. The average molecular weight is 267 g/mol.